The number of aromatic hydroxyl groups is 1. The molecule has 0 bridgehead atoms. The molecule has 0 aromatic heterocycles. The van der Waals surface area contributed by atoms with Crippen LogP contribution in [0.15, 0.2) is 54.6 Å². The van der Waals surface area contributed by atoms with Crippen molar-refractivity contribution >= 4 is 24.0 Å². The Morgan fingerprint density at radius 2 is 1.57 bits per heavy atom. The van der Waals surface area contributed by atoms with E-state index in [-0.39, 0.29) is 17.1 Å². The van der Waals surface area contributed by atoms with Crippen LogP contribution in [-0.2, 0) is 30.3 Å². The zero-order valence-corrected chi connectivity index (χ0v) is 20.7. The number of carboxylic acids is 2. The molecule has 2 aromatic carbocycles. The lowest BCUT2D eigenvalue weighted by atomic mass is 9.88. The first kappa shape index (κ1) is 30.5. The number of hydrogen-bond donors (Lipinski definition) is 8. The number of phenols is 1. The molecule has 1 fully saturated rings. The van der Waals surface area contributed by atoms with Gasteiger partial charge in [0.15, 0.2) is 0 Å². The molecule has 7 atom stereocenters. The monoisotopic (exact) mass is 564 g/mol. The Morgan fingerprint density at radius 3 is 2.12 bits per heavy atom. The molecule has 0 saturated carbocycles. The van der Waals surface area contributed by atoms with E-state index in [0.29, 0.717) is 5.56 Å². The molecule has 1 aliphatic heterocycles. The predicted octanol–water partition coefficient (Wildman–Crippen LogP) is -1.36. The first-order valence-electron chi connectivity index (χ1n) is 11.8. The van der Waals surface area contributed by atoms with Crippen LogP contribution in [0.1, 0.15) is 11.1 Å². The maximum absolute atomic E-state index is 12.3. The van der Waals surface area contributed by atoms with Crippen LogP contribution in [0, 0.1) is 0 Å². The van der Waals surface area contributed by atoms with Crippen LogP contribution < -0.4 is 4.74 Å². The van der Waals surface area contributed by atoms with E-state index in [0.717, 1.165) is 6.08 Å². The molecule has 3 rings (SSSR count). The van der Waals surface area contributed by atoms with E-state index < -0.39 is 73.3 Å². The van der Waals surface area contributed by atoms with Crippen LogP contribution in [0.2, 0.25) is 0 Å². The van der Waals surface area contributed by atoms with Gasteiger partial charge in [-0.2, -0.15) is 0 Å². The minimum Gasteiger partial charge on any atom is -0.508 e. The van der Waals surface area contributed by atoms with Gasteiger partial charge in [0.1, 0.15) is 35.9 Å². The van der Waals surface area contributed by atoms with Crippen molar-refractivity contribution in [2.75, 3.05) is 6.61 Å². The topological polar surface area (TPSA) is 241 Å². The summed E-state index contributed by atoms with van der Waals surface area (Å²) in [4.78, 5) is 35.9. The highest BCUT2D eigenvalue weighted by molar-refractivity contribution is 5.93. The number of carboxylic acid groups (broad SMARTS) is 2. The van der Waals surface area contributed by atoms with Gasteiger partial charge in [-0.25, -0.2) is 14.4 Å². The zero-order valence-electron chi connectivity index (χ0n) is 20.7. The second-order valence-electron chi connectivity index (χ2n) is 8.95. The average molecular weight is 564 g/mol. The first-order chi connectivity index (χ1) is 18.8. The predicted molar refractivity (Wildman–Crippen MR) is 132 cm³/mol. The van der Waals surface area contributed by atoms with Gasteiger partial charge in [-0.05, 0) is 41.5 Å². The highest BCUT2D eigenvalue weighted by Crippen LogP contribution is 2.26. The van der Waals surface area contributed by atoms with Gasteiger partial charge in [0.05, 0.1) is 6.61 Å². The number of carbonyl (C=O) groups is 3. The van der Waals surface area contributed by atoms with Gasteiger partial charge in [-0.1, -0.05) is 24.3 Å². The van der Waals surface area contributed by atoms with Gasteiger partial charge in [0.2, 0.25) is 18.0 Å². The Kier molecular flexibility index (Phi) is 9.81. The molecule has 8 N–H and O–H groups in total. The van der Waals surface area contributed by atoms with Crippen molar-refractivity contribution in [1.82, 2.24) is 0 Å². The number of phenolic OH excluding ortho intramolecular Hbond substituents is 1. The molecule has 1 heterocycles. The lowest BCUT2D eigenvalue weighted by molar-refractivity contribution is -0.277. The van der Waals surface area contributed by atoms with Crippen molar-refractivity contribution in [2.24, 2.45) is 0 Å². The summed E-state index contributed by atoms with van der Waals surface area (Å²) in [5, 5.41) is 78.1. The molecular formula is C26H28O14. The SMILES string of the molecule is O=C(/C=C\c1ccc(O[C@H]2OC(CO)C(O)[C@@H](O)[C@@H]2O)cc1)O[C@H](C(=O)O)[C@](O)(Cc1ccc(O)cc1)C(=O)O. The van der Waals surface area contributed by atoms with E-state index in [9.17, 15) is 55.2 Å². The van der Waals surface area contributed by atoms with Gasteiger partial charge in [0.25, 0.3) is 0 Å². The third-order valence-electron chi connectivity index (χ3n) is 6.07. The fraction of sp³-hybridized carbons (Fsp3) is 0.346. The number of ether oxygens (including phenoxy) is 3. The molecule has 2 aromatic rings. The standard InChI is InChI=1S/C26H28O14/c27-12-17-19(30)20(31)21(32)24(39-17)38-16-8-3-13(4-9-16)5-10-18(29)40-22(23(33)34)26(37,25(35)36)11-14-1-6-15(28)7-2-14/h1-10,17,19-22,24,27-28,30-32,37H,11-12H2,(H,33,34)(H,35,36)/b10-5-/t17?,19?,20-,21+,22-,24+,26-/m1/s1. The largest absolute Gasteiger partial charge is 0.508 e. The van der Waals surface area contributed by atoms with E-state index in [1.807, 2.05) is 0 Å². The highest BCUT2D eigenvalue weighted by atomic mass is 16.7. The van der Waals surface area contributed by atoms with Crippen LogP contribution in [-0.4, -0.2) is 108 Å². The Labute approximate surface area is 226 Å². The number of benzene rings is 2. The molecule has 0 aliphatic carbocycles. The van der Waals surface area contributed by atoms with Crippen molar-refractivity contribution in [3.63, 3.8) is 0 Å². The van der Waals surface area contributed by atoms with Gasteiger partial charge in [-0.15, -0.1) is 0 Å². The van der Waals surface area contributed by atoms with Crippen LogP contribution >= 0.6 is 0 Å². The summed E-state index contributed by atoms with van der Waals surface area (Å²) in [6.45, 7) is -0.631. The van der Waals surface area contributed by atoms with E-state index in [2.05, 4.69) is 0 Å². The fourth-order valence-corrected chi connectivity index (χ4v) is 3.83. The Balaban J connectivity index is 1.66. The van der Waals surface area contributed by atoms with Crippen LogP contribution in [0.4, 0.5) is 0 Å². The molecule has 1 saturated heterocycles. The van der Waals surface area contributed by atoms with Crippen molar-refractivity contribution < 1.29 is 69.4 Å². The van der Waals surface area contributed by atoms with E-state index in [1.165, 1.54) is 54.6 Å². The molecule has 2 unspecified atom stereocenters. The zero-order chi connectivity index (χ0) is 29.6. The average Bonchev–Trinajstić information content (AvgIpc) is 2.92. The Bertz CT molecular complexity index is 1210. The summed E-state index contributed by atoms with van der Waals surface area (Å²) in [5.41, 5.74) is -2.50. The third kappa shape index (κ3) is 7.12. The molecule has 0 radical (unpaired) electrons. The third-order valence-corrected chi connectivity index (χ3v) is 6.07. The van der Waals surface area contributed by atoms with E-state index in [1.54, 1.807) is 0 Å². The van der Waals surface area contributed by atoms with E-state index in [4.69, 9.17) is 14.2 Å². The van der Waals surface area contributed by atoms with Crippen molar-refractivity contribution in [1.29, 1.82) is 0 Å². The molecule has 0 spiro atoms. The maximum Gasteiger partial charge on any atom is 0.348 e. The molecule has 1 aliphatic rings. The lowest BCUT2D eigenvalue weighted by Crippen LogP contribution is -2.60. The fourth-order valence-electron chi connectivity index (χ4n) is 3.83. The summed E-state index contributed by atoms with van der Waals surface area (Å²) in [6.07, 6.45) is -8.57. The summed E-state index contributed by atoms with van der Waals surface area (Å²) in [7, 11) is 0. The quantitative estimate of drug-likeness (QED) is 0.116. The van der Waals surface area contributed by atoms with Crippen LogP contribution in [0.3, 0.4) is 0 Å². The second-order valence-corrected chi connectivity index (χ2v) is 8.95. The smallest absolute Gasteiger partial charge is 0.348 e. The van der Waals surface area contributed by atoms with Crippen LogP contribution in [0.25, 0.3) is 6.08 Å². The van der Waals surface area contributed by atoms with Crippen molar-refractivity contribution in [3.05, 3.63) is 65.7 Å². The Morgan fingerprint density at radius 1 is 0.950 bits per heavy atom. The number of hydrogen-bond acceptors (Lipinski definition) is 12. The molecule has 40 heavy (non-hydrogen) atoms. The van der Waals surface area contributed by atoms with E-state index >= 15 is 0 Å². The van der Waals surface area contributed by atoms with Crippen molar-refractivity contribution in [2.45, 2.75) is 48.8 Å². The second kappa shape index (κ2) is 12.9. The molecule has 14 heteroatoms. The lowest BCUT2D eigenvalue weighted by Gasteiger charge is -2.39. The number of rotatable bonds is 11. The number of aliphatic hydroxyl groups is 5. The number of carbonyl (C=O) groups excluding carboxylic acids is 1. The summed E-state index contributed by atoms with van der Waals surface area (Å²) >= 11 is 0. The number of aliphatic carboxylic acids is 2. The highest BCUT2D eigenvalue weighted by Gasteiger charge is 2.51. The summed E-state index contributed by atoms with van der Waals surface area (Å²) < 4.78 is 15.5. The summed E-state index contributed by atoms with van der Waals surface area (Å²) in [6, 6.07) is 10.6. The van der Waals surface area contributed by atoms with Crippen LogP contribution in [0.5, 0.6) is 11.5 Å². The van der Waals surface area contributed by atoms with Crippen molar-refractivity contribution in [3.8, 4) is 11.5 Å². The van der Waals surface area contributed by atoms with Gasteiger partial charge >= 0.3 is 17.9 Å². The summed E-state index contributed by atoms with van der Waals surface area (Å²) in [5.74, 6) is -5.10. The van der Waals surface area contributed by atoms with Gasteiger partial charge < -0.3 is 55.1 Å². The normalized spacial score (nSPS) is 25.1. The minimum atomic E-state index is -3.03. The molecule has 14 nitrogen and oxygen atoms in total. The molecule has 0 amide bonds. The Hall–Kier alpha value is -4.05. The van der Waals surface area contributed by atoms with Gasteiger partial charge in [-0.3, -0.25) is 0 Å². The first-order valence-corrected chi connectivity index (χ1v) is 11.8. The molecule has 216 valence electrons. The maximum atomic E-state index is 12.3. The number of aliphatic hydroxyl groups excluding tert-OH is 4. The van der Waals surface area contributed by atoms with Gasteiger partial charge in [0, 0.05) is 12.5 Å². The minimum absolute atomic E-state index is 0.137. The number of esters is 1. The molecular weight excluding hydrogens is 536 g/mol.